The van der Waals surface area contributed by atoms with Crippen LogP contribution in [0, 0.1) is 10.1 Å². The third kappa shape index (κ3) is 5.60. The van der Waals surface area contributed by atoms with E-state index >= 15 is 0 Å². The lowest BCUT2D eigenvalue weighted by Crippen LogP contribution is -2.44. The molecule has 0 aromatic heterocycles. The number of carbonyl (C=O) groups excluding carboxylic acids is 2. The van der Waals surface area contributed by atoms with E-state index in [9.17, 15) is 19.7 Å². The highest BCUT2D eigenvalue weighted by atomic mass is 35.5. The van der Waals surface area contributed by atoms with Gasteiger partial charge in [0.05, 0.1) is 11.5 Å². The van der Waals surface area contributed by atoms with Crippen molar-refractivity contribution < 1.29 is 19.2 Å². The van der Waals surface area contributed by atoms with Crippen LogP contribution in [0.1, 0.15) is 6.92 Å². The molecular weight excluding hydrogens is 354 g/mol. The van der Waals surface area contributed by atoms with Crippen molar-refractivity contribution in [2.45, 2.75) is 6.92 Å². The molecule has 25 heavy (non-hydrogen) atoms. The number of nitrogens with one attached hydrogen (secondary N) is 1. The fourth-order valence-electron chi connectivity index (χ4n) is 1.74. The Morgan fingerprint density at radius 3 is 2.48 bits per heavy atom. The summed E-state index contributed by atoms with van der Waals surface area (Å²) in [6.07, 6.45) is -0.829. The first-order valence-corrected chi connectivity index (χ1v) is 7.46. The average molecular weight is 372 g/mol. The monoisotopic (exact) mass is 371 g/mol. The third-order valence-electron chi connectivity index (χ3n) is 2.86. The number of aliphatic imine (C=N–C) groups is 1. The Kier molecular flexibility index (Phi) is 7.12. The third-order valence-corrected chi connectivity index (χ3v) is 3.16. The van der Waals surface area contributed by atoms with Crippen LogP contribution in [-0.2, 0) is 4.74 Å². The number of benzene rings is 1. The SMILES string of the molecule is CCOC(=O)N=C(N(C)C)N(C)C(=O)Nc1ccc([N+](=O)[O-])c(Cl)c1. The van der Waals surface area contributed by atoms with Crippen molar-refractivity contribution >= 4 is 41.1 Å². The molecule has 1 rings (SSSR count). The maximum atomic E-state index is 12.3. The number of carbonyl (C=O) groups is 2. The summed E-state index contributed by atoms with van der Waals surface area (Å²) in [5, 5.41) is 13.1. The number of hydrogen-bond donors (Lipinski definition) is 1. The maximum absolute atomic E-state index is 12.3. The van der Waals surface area contributed by atoms with Crippen molar-refractivity contribution in [3.05, 3.63) is 33.3 Å². The summed E-state index contributed by atoms with van der Waals surface area (Å²) in [5.74, 6) is 0.0453. The smallest absolute Gasteiger partial charge is 0.436 e. The molecular formula is C14H18ClN5O5. The Hall–Kier alpha value is -2.88. The molecule has 0 saturated heterocycles. The van der Waals surface area contributed by atoms with E-state index in [1.54, 1.807) is 21.0 Å². The summed E-state index contributed by atoms with van der Waals surface area (Å²) in [6.45, 7) is 1.79. The highest BCUT2D eigenvalue weighted by molar-refractivity contribution is 6.33. The molecule has 0 bridgehead atoms. The summed E-state index contributed by atoms with van der Waals surface area (Å²) in [7, 11) is 4.61. The van der Waals surface area contributed by atoms with Crippen LogP contribution in [0.3, 0.4) is 0 Å². The van der Waals surface area contributed by atoms with Crippen LogP contribution in [0.25, 0.3) is 0 Å². The summed E-state index contributed by atoms with van der Waals surface area (Å²) in [4.78, 5) is 40.2. The van der Waals surface area contributed by atoms with Crippen LogP contribution < -0.4 is 5.32 Å². The van der Waals surface area contributed by atoms with E-state index in [2.05, 4.69) is 10.3 Å². The van der Waals surface area contributed by atoms with Gasteiger partial charge in [0.25, 0.3) is 5.69 Å². The normalized spacial score (nSPS) is 10.8. The molecule has 0 aliphatic rings. The zero-order chi connectivity index (χ0) is 19.1. The largest absolute Gasteiger partial charge is 0.448 e. The quantitative estimate of drug-likeness (QED) is 0.378. The molecule has 1 aromatic rings. The Labute approximate surface area is 149 Å². The first-order valence-electron chi connectivity index (χ1n) is 7.08. The Balaban J connectivity index is 2.95. The van der Waals surface area contributed by atoms with Gasteiger partial charge in [0.2, 0.25) is 5.96 Å². The molecule has 0 aliphatic heterocycles. The van der Waals surface area contributed by atoms with E-state index < -0.39 is 17.0 Å². The predicted octanol–water partition coefficient (Wildman–Crippen LogP) is 2.79. The first-order chi connectivity index (χ1) is 11.7. The number of ether oxygens (including phenoxy) is 1. The van der Waals surface area contributed by atoms with Gasteiger partial charge in [-0.2, -0.15) is 0 Å². The molecule has 0 atom stereocenters. The number of amides is 3. The zero-order valence-corrected chi connectivity index (χ0v) is 14.9. The zero-order valence-electron chi connectivity index (χ0n) is 14.1. The van der Waals surface area contributed by atoms with Crippen LogP contribution in [0.4, 0.5) is 21.0 Å². The number of urea groups is 1. The summed E-state index contributed by atoms with van der Waals surface area (Å²) >= 11 is 5.80. The van der Waals surface area contributed by atoms with Crippen molar-refractivity contribution in [2.75, 3.05) is 33.1 Å². The summed E-state index contributed by atoms with van der Waals surface area (Å²) in [5.41, 5.74) is -0.0208. The lowest BCUT2D eigenvalue weighted by atomic mass is 10.3. The van der Waals surface area contributed by atoms with Gasteiger partial charge in [0, 0.05) is 32.9 Å². The van der Waals surface area contributed by atoms with Gasteiger partial charge in [0.15, 0.2) is 0 Å². The van der Waals surface area contributed by atoms with E-state index in [1.807, 2.05) is 0 Å². The van der Waals surface area contributed by atoms with Crippen LogP contribution in [-0.4, -0.2) is 60.6 Å². The average Bonchev–Trinajstić information content (AvgIpc) is 2.51. The molecule has 10 nitrogen and oxygen atoms in total. The van der Waals surface area contributed by atoms with Gasteiger partial charge in [-0.05, 0) is 19.1 Å². The Bertz CT molecular complexity index is 707. The van der Waals surface area contributed by atoms with E-state index in [0.29, 0.717) is 0 Å². The van der Waals surface area contributed by atoms with E-state index in [-0.39, 0.29) is 29.0 Å². The number of halogens is 1. The molecule has 0 unspecified atom stereocenters. The summed E-state index contributed by atoms with van der Waals surface area (Å²) < 4.78 is 4.73. The fraction of sp³-hybridized carbons (Fsp3) is 0.357. The minimum Gasteiger partial charge on any atom is -0.448 e. The molecule has 136 valence electrons. The van der Waals surface area contributed by atoms with E-state index in [1.165, 1.54) is 30.1 Å². The second-order valence-electron chi connectivity index (χ2n) is 4.92. The topological polar surface area (TPSA) is 117 Å². The van der Waals surface area contributed by atoms with Crippen molar-refractivity contribution in [3.8, 4) is 0 Å². The Morgan fingerprint density at radius 2 is 2.00 bits per heavy atom. The van der Waals surface area contributed by atoms with Crippen molar-refractivity contribution in [1.82, 2.24) is 9.80 Å². The van der Waals surface area contributed by atoms with Gasteiger partial charge in [-0.25, -0.2) is 9.59 Å². The van der Waals surface area contributed by atoms with Crippen molar-refractivity contribution in [3.63, 3.8) is 0 Å². The van der Waals surface area contributed by atoms with Crippen molar-refractivity contribution in [2.24, 2.45) is 4.99 Å². The first kappa shape index (κ1) is 20.2. The molecule has 11 heteroatoms. The lowest BCUT2D eigenvalue weighted by Gasteiger charge is -2.24. The van der Waals surface area contributed by atoms with Gasteiger partial charge in [-0.3, -0.25) is 15.0 Å². The van der Waals surface area contributed by atoms with E-state index in [0.717, 1.165) is 4.90 Å². The van der Waals surface area contributed by atoms with Gasteiger partial charge in [0.1, 0.15) is 5.02 Å². The molecule has 0 aliphatic carbocycles. The van der Waals surface area contributed by atoms with Crippen LogP contribution >= 0.6 is 11.6 Å². The molecule has 0 spiro atoms. The van der Waals surface area contributed by atoms with Gasteiger partial charge in [-0.15, -0.1) is 4.99 Å². The number of nitro benzene ring substituents is 1. The number of anilines is 1. The number of nitrogens with zero attached hydrogens (tertiary/aromatic N) is 4. The van der Waals surface area contributed by atoms with Crippen LogP contribution in [0.15, 0.2) is 23.2 Å². The standard InChI is InChI=1S/C14H18ClN5O5/c1-5-25-14(22)17-12(18(2)3)19(4)13(21)16-9-6-7-11(20(23)24)10(15)8-9/h6-8H,5H2,1-4H3,(H,16,21). The molecule has 0 saturated carbocycles. The minimum atomic E-state index is -0.829. The highest BCUT2D eigenvalue weighted by Gasteiger charge is 2.20. The molecule has 3 amide bonds. The number of hydrogen-bond acceptors (Lipinski definition) is 5. The molecule has 1 aromatic carbocycles. The van der Waals surface area contributed by atoms with E-state index in [4.69, 9.17) is 16.3 Å². The molecule has 0 radical (unpaired) electrons. The highest BCUT2D eigenvalue weighted by Crippen LogP contribution is 2.27. The van der Waals surface area contributed by atoms with Gasteiger partial charge < -0.3 is 15.0 Å². The number of nitro groups is 1. The second kappa shape index (κ2) is 8.83. The molecule has 0 heterocycles. The lowest BCUT2D eigenvalue weighted by molar-refractivity contribution is -0.384. The van der Waals surface area contributed by atoms with Crippen LogP contribution in [0.2, 0.25) is 5.02 Å². The summed E-state index contributed by atoms with van der Waals surface area (Å²) in [6, 6.07) is 3.15. The number of guanidine groups is 1. The van der Waals surface area contributed by atoms with Gasteiger partial charge >= 0.3 is 12.1 Å². The number of rotatable bonds is 3. The minimum absolute atomic E-state index is 0.0453. The molecule has 0 fully saturated rings. The predicted molar refractivity (Wildman–Crippen MR) is 93.0 cm³/mol. The van der Waals surface area contributed by atoms with Crippen LogP contribution in [0.5, 0.6) is 0 Å². The molecule has 1 N–H and O–H groups in total. The Morgan fingerprint density at radius 1 is 1.36 bits per heavy atom. The van der Waals surface area contributed by atoms with Gasteiger partial charge in [-0.1, -0.05) is 11.6 Å². The maximum Gasteiger partial charge on any atom is 0.436 e. The fourth-order valence-corrected chi connectivity index (χ4v) is 1.99. The second-order valence-corrected chi connectivity index (χ2v) is 5.32. The van der Waals surface area contributed by atoms with Crippen molar-refractivity contribution in [1.29, 1.82) is 0 Å².